The minimum Gasteiger partial charge on any atom is -0.487 e. The Bertz CT molecular complexity index is 1540. The molecule has 2 aliphatic rings. The minimum atomic E-state index is -0.205. The van der Waals surface area contributed by atoms with Gasteiger partial charge in [-0.25, -0.2) is 14.6 Å². The van der Waals surface area contributed by atoms with E-state index in [0.717, 1.165) is 68.8 Å². The van der Waals surface area contributed by atoms with Crippen LogP contribution < -0.4 is 14.8 Å². The summed E-state index contributed by atoms with van der Waals surface area (Å²) in [7, 11) is 1.70. The zero-order valence-corrected chi connectivity index (χ0v) is 27.9. The molecule has 1 N–H and O–H groups in total. The van der Waals surface area contributed by atoms with Gasteiger partial charge in [0.05, 0.1) is 50.2 Å². The third kappa shape index (κ3) is 8.74. The van der Waals surface area contributed by atoms with Gasteiger partial charge >= 0.3 is 0 Å². The van der Waals surface area contributed by atoms with Gasteiger partial charge in [0.25, 0.3) is 5.88 Å². The Morgan fingerprint density at radius 1 is 1.02 bits per heavy atom. The summed E-state index contributed by atoms with van der Waals surface area (Å²) in [5.41, 5.74) is 2.43. The molecule has 1 aliphatic carbocycles. The number of anilines is 2. The summed E-state index contributed by atoms with van der Waals surface area (Å²) in [4.78, 5) is 11.8. The molecule has 1 aromatic carbocycles. The third-order valence-corrected chi connectivity index (χ3v) is 8.90. The average Bonchev–Trinajstić information content (AvgIpc) is 3.76. The van der Waals surface area contributed by atoms with Gasteiger partial charge in [-0.2, -0.15) is 0 Å². The maximum Gasteiger partial charge on any atom is 0.256 e. The quantitative estimate of drug-likeness (QED) is 0.200. The van der Waals surface area contributed by atoms with Gasteiger partial charge in [0.15, 0.2) is 0 Å². The van der Waals surface area contributed by atoms with Crippen molar-refractivity contribution in [3.63, 3.8) is 0 Å². The van der Waals surface area contributed by atoms with Gasteiger partial charge in [-0.05, 0) is 60.7 Å². The first kappa shape index (κ1) is 33.1. The lowest BCUT2D eigenvalue weighted by molar-refractivity contribution is 0.00502. The van der Waals surface area contributed by atoms with Gasteiger partial charge in [-0.15, -0.1) is 10.2 Å². The number of nitrogens with one attached hydrogen (secondary N) is 1. The first-order valence-electron chi connectivity index (χ1n) is 16.2. The van der Waals surface area contributed by atoms with Crippen LogP contribution in [0.4, 0.5) is 11.6 Å². The van der Waals surface area contributed by atoms with Gasteiger partial charge in [0, 0.05) is 50.1 Å². The van der Waals surface area contributed by atoms with E-state index in [4.69, 9.17) is 35.6 Å². The van der Waals surface area contributed by atoms with Crippen molar-refractivity contribution in [2.45, 2.75) is 64.3 Å². The summed E-state index contributed by atoms with van der Waals surface area (Å²) in [5.74, 6) is 1.75. The minimum absolute atomic E-state index is 0.205. The van der Waals surface area contributed by atoms with Crippen LogP contribution in [0.15, 0.2) is 43.1 Å². The van der Waals surface area contributed by atoms with E-state index in [1.165, 1.54) is 0 Å². The Hall–Kier alpha value is -3.85. The number of halogens is 1. The molecule has 6 rings (SSSR count). The highest BCUT2D eigenvalue weighted by atomic mass is 35.5. The molecule has 14 nitrogen and oxygen atoms in total. The first-order chi connectivity index (χ1) is 22.9. The molecule has 0 spiro atoms. The molecule has 0 amide bonds. The van der Waals surface area contributed by atoms with E-state index in [1.807, 2.05) is 25.3 Å². The van der Waals surface area contributed by atoms with Gasteiger partial charge < -0.3 is 24.3 Å². The van der Waals surface area contributed by atoms with Crippen LogP contribution in [0.1, 0.15) is 45.6 Å². The number of ether oxygens (including phenoxy) is 4. The Kier molecular flexibility index (Phi) is 11.1. The van der Waals surface area contributed by atoms with Gasteiger partial charge in [-0.1, -0.05) is 24.6 Å². The summed E-state index contributed by atoms with van der Waals surface area (Å²) in [6.07, 6.45) is 11.3. The average molecular weight is 667 g/mol. The molecule has 3 aromatic heterocycles. The van der Waals surface area contributed by atoms with Crippen LogP contribution in [0.3, 0.4) is 0 Å². The zero-order valence-electron chi connectivity index (χ0n) is 27.2. The maximum absolute atomic E-state index is 6.46. The van der Waals surface area contributed by atoms with Crippen molar-refractivity contribution in [3.8, 4) is 22.8 Å². The third-order valence-electron chi connectivity index (χ3n) is 8.58. The van der Waals surface area contributed by atoms with E-state index >= 15 is 0 Å². The lowest BCUT2D eigenvalue weighted by atomic mass is 9.90. The molecule has 1 saturated carbocycles. The number of aromatic nitrogens is 8. The van der Waals surface area contributed by atoms with E-state index < -0.39 is 0 Å². The van der Waals surface area contributed by atoms with Crippen molar-refractivity contribution in [1.82, 2.24) is 44.9 Å². The molecule has 1 saturated heterocycles. The molecule has 1 aliphatic heterocycles. The van der Waals surface area contributed by atoms with E-state index in [0.29, 0.717) is 54.4 Å². The monoisotopic (exact) mass is 666 g/mol. The predicted octanol–water partition coefficient (Wildman–Crippen LogP) is 4.67. The molecule has 4 aromatic rings. The topological polar surface area (TPSA) is 139 Å². The fourth-order valence-electron chi connectivity index (χ4n) is 6.16. The van der Waals surface area contributed by atoms with Crippen LogP contribution in [0.25, 0.3) is 11.1 Å². The summed E-state index contributed by atoms with van der Waals surface area (Å²) in [6.45, 7) is 9.31. The number of nitrogens with zero attached hydrogens (tertiary/aromatic N) is 9. The molecule has 252 valence electrons. The van der Waals surface area contributed by atoms with E-state index in [9.17, 15) is 0 Å². The summed E-state index contributed by atoms with van der Waals surface area (Å²) >= 11 is 6.46. The fourth-order valence-corrected chi connectivity index (χ4v) is 6.32. The molecule has 0 unspecified atom stereocenters. The largest absolute Gasteiger partial charge is 0.487 e. The smallest absolute Gasteiger partial charge is 0.256 e. The second-order valence-electron chi connectivity index (χ2n) is 12.3. The Balaban J connectivity index is 1.13. The van der Waals surface area contributed by atoms with Crippen molar-refractivity contribution in [2.75, 3.05) is 51.9 Å². The summed E-state index contributed by atoms with van der Waals surface area (Å²) < 4.78 is 26.8. The molecule has 15 heteroatoms. The normalized spacial score (nSPS) is 20.1. The zero-order chi connectivity index (χ0) is 32.6. The number of benzene rings is 1. The van der Waals surface area contributed by atoms with Crippen LogP contribution in [-0.2, 0) is 16.0 Å². The van der Waals surface area contributed by atoms with Gasteiger partial charge in [0.2, 0.25) is 5.95 Å². The number of hydrogen-bond donors (Lipinski definition) is 1. The Labute approximate surface area is 279 Å². The number of hydrogen-bond acceptors (Lipinski definition) is 12. The van der Waals surface area contributed by atoms with E-state index in [1.54, 1.807) is 36.6 Å². The number of rotatable bonds is 14. The van der Waals surface area contributed by atoms with Gasteiger partial charge in [-0.3, -0.25) is 9.58 Å². The highest BCUT2D eigenvalue weighted by Crippen LogP contribution is 2.35. The summed E-state index contributed by atoms with van der Waals surface area (Å²) in [6, 6.07) is 6.53. The maximum atomic E-state index is 6.46. The van der Waals surface area contributed by atoms with Crippen LogP contribution in [-0.4, -0.2) is 104 Å². The fraction of sp³-hybridized carbons (Fsp3) is 0.562. The molecule has 0 bridgehead atoms. The number of tetrazole rings is 1. The van der Waals surface area contributed by atoms with Crippen LogP contribution >= 0.6 is 11.6 Å². The lowest BCUT2D eigenvalue weighted by Gasteiger charge is -2.38. The predicted molar refractivity (Wildman–Crippen MR) is 176 cm³/mol. The van der Waals surface area contributed by atoms with Crippen LogP contribution in [0, 0.1) is 5.92 Å². The first-order valence-corrected chi connectivity index (χ1v) is 16.6. The highest BCUT2D eigenvalue weighted by molar-refractivity contribution is 6.32. The van der Waals surface area contributed by atoms with Crippen molar-refractivity contribution >= 4 is 23.2 Å². The molecule has 2 atom stereocenters. The van der Waals surface area contributed by atoms with Crippen LogP contribution in [0.5, 0.6) is 11.6 Å². The van der Waals surface area contributed by atoms with E-state index in [2.05, 4.69) is 47.3 Å². The molecule has 47 heavy (non-hydrogen) atoms. The van der Waals surface area contributed by atoms with Crippen molar-refractivity contribution in [2.24, 2.45) is 5.92 Å². The second kappa shape index (κ2) is 15.8. The number of methoxy groups -OCH3 is 1. The van der Waals surface area contributed by atoms with Crippen molar-refractivity contribution in [3.05, 3.63) is 48.1 Å². The lowest BCUT2D eigenvalue weighted by Crippen LogP contribution is -2.45. The molecule has 4 heterocycles. The van der Waals surface area contributed by atoms with Crippen molar-refractivity contribution in [1.29, 1.82) is 0 Å². The second-order valence-corrected chi connectivity index (χ2v) is 12.7. The number of morpholine rings is 1. The molecule has 0 radical (unpaired) electrons. The van der Waals surface area contributed by atoms with Crippen molar-refractivity contribution < 1.29 is 18.9 Å². The Morgan fingerprint density at radius 2 is 1.79 bits per heavy atom. The molecular formula is C32H43ClN10O4. The summed E-state index contributed by atoms with van der Waals surface area (Å²) in [5, 5.41) is 20.0. The Morgan fingerprint density at radius 3 is 2.51 bits per heavy atom. The van der Waals surface area contributed by atoms with E-state index in [-0.39, 0.29) is 12.0 Å². The standard InChI is InChI=1S/C32H43ClN10O4/c1-22(19-44-3)20-46-31-29(18-43(38-31)27-7-5-26(6-8-27)41-10-12-45-13-11-41)37-32-34-15-25(16-35-32)24-4-9-28(33)30(14-24)47-23(2)17-42-21-36-39-40-42/h4,9,14-16,18,21-23,26-27H,5-8,10-13,17,19-20H2,1-3H3,(H,34,35,37)/t22-,23-,26-,27-/m0/s1. The molecule has 2 fully saturated rings. The van der Waals surface area contributed by atoms with Crippen LogP contribution in [0.2, 0.25) is 5.02 Å². The SMILES string of the molecule is COC[C@H](C)COc1nn([C@H]2CC[C@H](N3CCOCC3)CC2)cc1Nc1ncc(-c2ccc(Cl)c(O[C@@H](C)Cn3cnnn3)c2)cn1. The highest BCUT2D eigenvalue weighted by Gasteiger charge is 2.29. The van der Waals surface area contributed by atoms with Gasteiger partial charge in [0.1, 0.15) is 23.9 Å². The molecular weight excluding hydrogens is 624 g/mol.